The molecule has 0 saturated heterocycles. The second-order valence-electron chi connectivity index (χ2n) is 5.15. The maximum atomic E-state index is 12.2. The molecule has 20 heavy (non-hydrogen) atoms. The SMILES string of the molecule is CC(CC(=O)N(C)Cc1ccoc1)c1ccc(N)cc1. The van der Waals surface area contributed by atoms with Crippen molar-refractivity contribution in [2.75, 3.05) is 12.8 Å². The van der Waals surface area contributed by atoms with Crippen molar-refractivity contribution in [3.63, 3.8) is 0 Å². The van der Waals surface area contributed by atoms with Gasteiger partial charge in [-0.15, -0.1) is 0 Å². The van der Waals surface area contributed by atoms with Crippen LogP contribution in [0.1, 0.15) is 30.4 Å². The van der Waals surface area contributed by atoms with Gasteiger partial charge in [0.05, 0.1) is 12.5 Å². The number of hydrogen-bond donors (Lipinski definition) is 1. The van der Waals surface area contributed by atoms with Crippen LogP contribution in [0.15, 0.2) is 47.3 Å². The zero-order valence-electron chi connectivity index (χ0n) is 11.9. The molecule has 1 atom stereocenters. The van der Waals surface area contributed by atoms with Gasteiger partial charge in [0.1, 0.15) is 0 Å². The van der Waals surface area contributed by atoms with Gasteiger partial charge in [-0.3, -0.25) is 4.79 Å². The molecule has 4 heteroatoms. The van der Waals surface area contributed by atoms with Gasteiger partial charge in [0.15, 0.2) is 0 Å². The van der Waals surface area contributed by atoms with Crippen LogP contribution in [-0.4, -0.2) is 17.9 Å². The predicted molar refractivity (Wildman–Crippen MR) is 79.1 cm³/mol. The third-order valence-electron chi connectivity index (χ3n) is 3.41. The smallest absolute Gasteiger partial charge is 0.223 e. The number of nitrogen functional groups attached to an aromatic ring is 1. The maximum absolute atomic E-state index is 12.2. The first-order valence-corrected chi connectivity index (χ1v) is 6.66. The molecule has 0 aliphatic rings. The Bertz CT molecular complexity index is 546. The highest BCUT2D eigenvalue weighted by Crippen LogP contribution is 2.21. The molecule has 0 spiro atoms. The number of carbonyl (C=O) groups excluding carboxylic acids is 1. The molecule has 2 N–H and O–H groups in total. The monoisotopic (exact) mass is 272 g/mol. The van der Waals surface area contributed by atoms with E-state index in [0.717, 1.165) is 16.8 Å². The van der Waals surface area contributed by atoms with Crippen molar-refractivity contribution < 1.29 is 9.21 Å². The number of anilines is 1. The number of amides is 1. The van der Waals surface area contributed by atoms with Crippen LogP contribution in [-0.2, 0) is 11.3 Å². The lowest BCUT2D eigenvalue weighted by molar-refractivity contribution is -0.130. The van der Waals surface area contributed by atoms with Crippen molar-refractivity contribution in [2.45, 2.75) is 25.8 Å². The average molecular weight is 272 g/mol. The van der Waals surface area contributed by atoms with Crippen LogP contribution in [0.3, 0.4) is 0 Å². The normalized spacial score (nSPS) is 12.1. The zero-order chi connectivity index (χ0) is 14.5. The van der Waals surface area contributed by atoms with Crippen LogP contribution in [0, 0.1) is 0 Å². The third kappa shape index (κ3) is 3.63. The van der Waals surface area contributed by atoms with E-state index in [-0.39, 0.29) is 11.8 Å². The number of hydrogen-bond acceptors (Lipinski definition) is 3. The van der Waals surface area contributed by atoms with Gasteiger partial charge in [0.2, 0.25) is 5.91 Å². The second kappa shape index (κ2) is 6.28. The molecule has 0 aliphatic carbocycles. The minimum Gasteiger partial charge on any atom is -0.472 e. The summed E-state index contributed by atoms with van der Waals surface area (Å²) in [4.78, 5) is 13.9. The lowest BCUT2D eigenvalue weighted by atomic mass is 9.97. The van der Waals surface area contributed by atoms with E-state index in [1.54, 1.807) is 17.4 Å². The van der Waals surface area contributed by atoms with Crippen LogP contribution < -0.4 is 5.73 Å². The Morgan fingerprint density at radius 2 is 2.00 bits per heavy atom. The fourth-order valence-electron chi connectivity index (χ4n) is 2.10. The molecule has 1 aromatic heterocycles. The predicted octanol–water partition coefficient (Wildman–Crippen LogP) is 3.01. The van der Waals surface area contributed by atoms with Crippen LogP contribution >= 0.6 is 0 Å². The molecule has 0 saturated carbocycles. The molecule has 0 aliphatic heterocycles. The summed E-state index contributed by atoms with van der Waals surface area (Å²) in [5, 5.41) is 0. The lowest BCUT2D eigenvalue weighted by Crippen LogP contribution is -2.27. The summed E-state index contributed by atoms with van der Waals surface area (Å²) in [6, 6.07) is 9.55. The van der Waals surface area contributed by atoms with E-state index in [4.69, 9.17) is 10.2 Å². The molecule has 106 valence electrons. The maximum Gasteiger partial charge on any atom is 0.223 e. The van der Waals surface area contributed by atoms with Crippen molar-refractivity contribution in [2.24, 2.45) is 0 Å². The number of nitrogens with zero attached hydrogens (tertiary/aromatic N) is 1. The fraction of sp³-hybridized carbons (Fsp3) is 0.312. The molecule has 0 bridgehead atoms. The zero-order valence-corrected chi connectivity index (χ0v) is 11.9. The molecule has 1 aromatic carbocycles. The summed E-state index contributed by atoms with van der Waals surface area (Å²) < 4.78 is 5.01. The van der Waals surface area contributed by atoms with Crippen LogP contribution in [0.4, 0.5) is 5.69 Å². The first-order valence-electron chi connectivity index (χ1n) is 6.66. The molecule has 1 amide bonds. The largest absolute Gasteiger partial charge is 0.472 e. The highest BCUT2D eigenvalue weighted by molar-refractivity contribution is 5.76. The molecule has 0 fully saturated rings. The van der Waals surface area contributed by atoms with Gasteiger partial charge < -0.3 is 15.1 Å². The Morgan fingerprint density at radius 1 is 1.30 bits per heavy atom. The van der Waals surface area contributed by atoms with Gasteiger partial charge >= 0.3 is 0 Å². The highest BCUT2D eigenvalue weighted by Gasteiger charge is 2.15. The Kier molecular flexibility index (Phi) is 4.45. The van der Waals surface area contributed by atoms with Crippen molar-refractivity contribution >= 4 is 11.6 Å². The second-order valence-corrected chi connectivity index (χ2v) is 5.15. The number of furan rings is 1. The average Bonchev–Trinajstić information content (AvgIpc) is 2.92. The molecular formula is C16H20N2O2. The van der Waals surface area contributed by atoms with Crippen LogP contribution in [0.25, 0.3) is 0 Å². The molecule has 0 radical (unpaired) electrons. The Balaban J connectivity index is 1.91. The van der Waals surface area contributed by atoms with Gasteiger partial charge in [-0.1, -0.05) is 19.1 Å². The van der Waals surface area contributed by atoms with Gasteiger partial charge in [0.25, 0.3) is 0 Å². The minimum atomic E-state index is 0.121. The molecule has 4 nitrogen and oxygen atoms in total. The van der Waals surface area contributed by atoms with Crippen molar-refractivity contribution in [1.82, 2.24) is 4.90 Å². The summed E-state index contributed by atoms with van der Waals surface area (Å²) in [6.07, 6.45) is 3.76. The number of carbonyl (C=O) groups is 1. The van der Waals surface area contributed by atoms with Gasteiger partial charge in [-0.05, 0) is 29.7 Å². The number of rotatable bonds is 5. The standard InChI is InChI=1S/C16H20N2O2/c1-12(14-3-5-15(17)6-4-14)9-16(19)18(2)10-13-7-8-20-11-13/h3-8,11-12H,9-10,17H2,1-2H3. The van der Waals surface area contributed by atoms with Gasteiger partial charge in [-0.2, -0.15) is 0 Å². The minimum absolute atomic E-state index is 0.121. The Morgan fingerprint density at radius 3 is 2.60 bits per heavy atom. The van der Waals surface area contributed by atoms with E-state index in [0.29, 0.717) is 13.0 Å². The first kappa shape index (κ1) is 14.2. The van der Waals surface area contributed by atoms with Crippen LogP contribution in [0.5, 0.6) is 0 Å². The van der Waals surface area contributed by atoms with E-state index >= 15 is 0 Å². The molecule has 1 heterocycles. The molecular weight excluding hydrogens is 252 g/mol. The van der Waals surface area contributed by atoms with Gasteiger partial charge in [0, 0.05) is 31.3 Å². The van der Waals surface area contributed by atoms with E-state index in [1.165, 1.54) is 0 Å². The topological polar surface area (TPSA) is 59.5 Å². The summed E-state index contributed by atoms with van der Waals surface area (Å²) in [6.45, 7) is 2.62. The number of nitrogens with two attached hydrogens (primary N) is 1. The Labute approximate surface area is 119 Å². The summed E-state index contributed by atoms with van der Waals surface area (Å²) in [5.41, 5.74) is 8.54. The quantitative estimate of drug-likeness (QED) is 0.851. The molecule has 2 aromatic rings. The van der Waals surface area contributed by atoms with Gasteiger partial charge in [-0.25, -0.2) is 0 Å². The summed E-state index contributed by atoms with van der Waals surface area (Å²) >= 11 is 0. The Hall–Kier alpha value is -2.23. The van der Waals surface area contributed by atoms with E-state index in [9.17, 15) is 4.79 Å². The van der Waals surface area contributed by atoms with E-state index in [2.05, 4.69) is 6.92 Å². The molecule has 2 rings (SSSR count). The van der Waals surface area contributed by atoms with E-state index in [1.807, 2.05) is 37.4 Å². The fourth-order valence-corrected chi connectivity index (χ4v) is 2.10. The summed E-state index contributed by atoms with van der Waals surface area (Å²) in [7, 11) is 1.81. The van der Waals surface area contributed by atoms with Crippen molar-refractivity contribution in [3.8, 4) is 0 Å². The van der Waals surface area contributed by atoms with E-state index < -0.39 is 0 Å². The van der Waals surface area contributed by atoms with Crippen molar-refractivity contribution in [3.05, 3.63) is 54.0 Å². The summed E-state index contributed by atoms with van der Waals surface area (Å²) in [5.74, 6) is 0.297. The van der Waals surface area contributed by atoms with Crippen LogP contribution in [0.2, 0.25) is 0 Å². The van der Waals surface area contributed by atoms with Crippen molar-refractivity contribution in [1.29, 1.82) is 0 Å². The third-order valence-corrected chi connectivity index (χ3v) is 3.41. The molecule has 1 unspecified atom stereocenters. The lowest BCUT2D eigenvalue weighted by Gasteiger charge is -2.19. The highest BCUT2D eigenvalue weighted by atomic mass is 16.3. The number of benzene rings is 1. The first-order chi connectivity index (χ1) is 9.56.